The second-order valence-corrected chi connectivity index (χ2v) is 6.09. The van der Waals surface area contributed by atoms with E-state index in [1.807, 2.05) is 6.07 Å². The molecule has 0 aromatic heterocycles. The van der Waals surface area contributed by atoms with Crippen molar-refractivity contribution in [1.82, 2.24) is 10.6 Å². The van der Waals surface area contributed by atoms with Crippen molar-refractivity contribution in [1.29, 1.82) is 0 Å². The van der Waals surface area contributed by atoms with E-state index in [-0.39, 0.29) is 6.42 Å². The molecule has 0 aliphatic carbocycles. The zero-order chi connectivity index (χ0) is 19.9. The Balaban J connectivity index is 2.75. The highest BCUT2D eigenvalue weighted by atomic mass is 16.4. The molecule has 0 aliphatic rings. The van der Waals surface area contributed by atoms with Crippen LogP contribution in [0.2, 0.25) is 0 Å². The van der Waals surface area contributed by atoms with E-state index in [9.17, 15) is 24.6 Å². The lowest BCUT2D eigenvalue weighted by Crippen LogP contribution is -2.59. The van der Waals surface area contributed by atoms with Crippen molar-refractivity contribution in [2.75, 3.05) is 0 Å². The molecule has 0 heterocycles. The number of aliphatic hydroxyl groups is 2. The number of aliphatic hydroxyl groups excluding tert-OH is 2. The van der Waals surface area contributed by atoms with Gasteiger partial charge in [-0.3, -0.25) is 9.59 Å². The number of rotatable bonds is 9. The Morgan fingerprint density at radius 2 is 1.46 bits per heavy atom. The van der Waals surface area contributed by atoms with Crippen LogP contribution in [0.25, 0.3) is 0 Å². The number of carboxylic acids is 1. The monoisotopic (exact) mass is 367 g/mol. The highest BCUT2D eigenvalue weighted by Gasteiger charge is 2.32. The Morgan fingerprint density at radius 1 is 0.962 bits per heavy atom. The first-order valence-electron chi connectivity index (χ1n) is 8.12. The summed E-state index contributed by atoms with van der Waals surface area (Å²) in [6, 6.07) is 5.08. The lowest BCUT2D eigenvalue weighted by Gasteiger charge is -2.25. The van der Waals surface area contributed by atoms with Gasteiger partial charge in [0.1, 0.15) is 6.04 Å². The highest BCUT2D eigenvalue weighted by Crippen LogP contribution is 2.04. The van der Waals surface area contributed by atoms with E-state index in [0.29, 0.717) is 0 Å². The van der Waals surface area contributed by atoms with Crippen LogP contribution in [0, 0.1) is 0 Å². The molecule has 9 nitrogen and oxygen atoms in total. The predicted molar refractivity (Wildman–Crippen MR) is 93.0 cm³/mol. The number of carboxylic acid groups (broad SMARTS) is 1. The van der Waals surface area contributed by atoms with Gasteiger partial charge in [0.2, 0.25) is 11.8 Å². The molecule has 1 aromatic rings. The highest BCUT2D eigenvalue weighted by molar-refractivity contribution is 5.92. The number of carbonyl (C=O) groups is 3. The lowest BCUT2D eigenvalue weighted by molar-refractivity contribution is -0.145. The van der Waals surface area contributed by atoms with Gasteiger partial charge in [-0.05, 0) is 25.8 Å². The van der Waals surface area contributed by atoms with Crippen LogP contribution in [0.4, 0.5) is 0 Å². The third kappa shape index (κ3) is 6.43. The third-order valence-corrected chi connectivity index (χ3v) is 3.74. The summed E-state index contributed by atoms with van der Waals surface area (Å²) in [4.78, 5) is 35.5. The first-order chi connectivity index (χ1) is 12.1. The zero-order valence-electron chi connectivity index (χ0n) is 14.6. The van der Waals surface area contributed by atoms with E-state index in [2.05, 4.69) is 10.6 Å². The van der Waals surface area contributed by atoms with Gasteiger partial charge in [0, 0.05) is 0 Å². The van der Waals surface area contributed by atoms with Crippen LogP contribution in [0.1, 0.15) is 19.4 Å². The molecule has 26 heavy (non-hydrogen) atoms. The molecule has 9 heteroatoms. The molecule has 0 saturated heterocycles. The fourth-order valence-corrected chi connectivity index (χ4v) is 2.26. The van der Waals surface area contributed by atoms with Gasteiger partial charge in [-0.2, -0.15) is 0 Å². The fourth-order valence-electron chi connectivity index (χ4n) is 2.26. The number of hydrogen-bond donors (Lipinski definition) is 6. The smallest absolute Gasteiger partial charge is 0.328 e. The van der Waals surface area contributed by atoms with Crippen molar-refractivity contribution in [3.05, 3.63) is 35.9 Å². The lowest BCUT2D eigenvalue weighted by atomic mass is 10.0. The summed E-state index contributed by atoms with van der Waals surface area (Å²) in [5.41, 5.74) is 6.66. The predicted octanol–water partition coefficient (Wildman–Crippen LogP) is -1.63. The van der Waals surface area contributed by atoms with Crippen LogP contribution in [-0.4, -0.2) is 63.4 Å². The van der Waals surface area contributed by atoms with E-state index in [0.717, 1.165) is 5.56 Å². The molecule has 0 saturated carbocycles. The van der Waals surface area contributed by atoms with Gasteiger partial charge in [0.15, 0.2) is 6.04 Å². The van der Waals surface area contributed by atoms with Crippen molar-refractivity contribution in [3.8, 4) is 0 Å². The van der Waals surface area contributed by atoms with Crippen molar-refractivity contribution in [2.45, 2.75) is 50.6 Å². The molecular weight excluding hydrogens is 342 g/mol. The molecule has 1 aromatic carbocycles. The minimum atomic E-state index is -1.57. The molecule has 0 spiro atoms. The van der Waals surface area contributed by atoms with Crippen molar-refractivity contribution in [3.63, 3.8) is 0 Å². The maximum Gasteiger partial charge on any atom is 0.328 e. The molecule has 1 rings (SSSR count). The summed E-state index contributed by atoms with van der Waals surface area (Å²) in [6.07, 6.45) is -2.43. The second-order valence-electron chi connectivity index (χ2n) is 6.09. The largest absolute Gasteiger partial charge is 0.480 e. The van der Waals surface area contributed by atoms with Crippen LogP contribution in [0.5, 0.6) is 0 Å². The zero-order valence-corrected chi connectivity index (χ0v) is 14.6. The molecule has 144 valence electrons. The number of nitrogens with one attached hydrogen (secondary N) is 2. The molecule has 5 unspecified atom stereocenters. The number of aliphatic carboxylic acids is 1. The van der Waals surface area contributed by atoms with E-state index in [1.165, 1.54) is 13.8 Å². The van der Waals surface area contributed by atoms with Gasteiger partial charge in [-0.15, -0.1) is 0 Å². The van der Waals surface area contributed by atoms with E-state index >= 15 is 0 Å². The SMILES string of the molecule is CC(O)C(NC(=O)C(NC(=O)C(N)Cc1ccccc1)C(C)O)C(=O)O. The van der Waals surface area contributed by atoms with Gasteiger partial charge >= 0.3 is 5.97 Å². The summed E-state index contributed by atoms with van der Waals surface area (Å²) in [6.45, 7) is 2.47. The van der Waals surface area contributed by atoms with Crippen LogP contribution in [-0.2, 0) is 20.8 Å². The number of benzene rings is 1. The number of hydrogen-bond acceptors (Lipinski definition) is 6. The second kappa shape index (κ2) is 9.85. The van der Waals surface area contributed by atoms with Crippen LogP contribution in [0.15, 0.2) is 30.3 Å². The Hall–Kier alpha value is -2.49. The van der Waals surface area contributed by atoms with Crippen LogP contribution in [0.3, 0.4) is 0 Å². The summed E-state index contributed by atoms with van der Waals surface area (Å²) in [5, 5.41) is 32.6. The van der Waals surface area contributed by atoms with Crippen molar-refractivity contribution < 1.29 is 29.7 Å². The normalized spacial score (nSPS) is 16.7. The van der Waals surface area contributed by atoms with Gasteiger partial charge < -0.3 is 31.7 Å². The Labute approximate surface area is 151 Å². The van der Waals surface area contributed by atoms with Crippen LogP contribution < -0.4 is 16.4 Å². The summed E-state index contributed by atoms with van der Waals surface area (Å²) >= 11 is 0. The maximum absolute atomic E-state index is 12.2. The quantitative estimate of drug-likeness (QED) is 0.305. The molecule has 7 N–H and O–H groups in total. The van der Waals surface area contributed by atoms with Gasteiger partial charge in [0.05, 0.1) is 18.2 Å². The molecule has 2 amide bonds. The number of amides is 2. The van der Waals surface area contributed by atoms with E-state index in [4.69, 9.17) is 10.8 Å². The Kier molecular flexibility index (Phi) is 8.17. The van der Waals surface area contributed by atoms with Crippen molar-refractivity contribution in [2.24, 2.45) is 5.73 Å². The standard InChI is InChI=1S/C17H25N3O6/c1-9(21)13(16(24)20-14(10(2)22)17(25)26)19-15(23)12(18)8-11-6-4-3-5-7-11/h3-7,9-10,12-14,21-22H,8,18H2,1-2H3,(H,19,23)(H,20,24)(H,25,26). The third-order valence-electron chi connectivity index (χ3n) is 3.74. The molecule has 5 atom stereocenters. The average molecular weight is 367 g/mol. The number of nitrogens with two attached hydrogens (primary N) is 1. The summed E-state index contributed by atoms with van der Waals surface area (Å²) in [7, 11) is 0. The Bertz CT molecular complexity index is 620. The number of carbonyl (C=O) groups excluding carboxylic acids is 2. The first kappa shape index (κ1) is 21.6. The minimum Gasteiger partial charge on any atom is -0.480 e. The molecule has 0 radical (unpaired) electrons. The van der Waals surface area contributed by atoms with Gasteiger partial charge in [-0.1, -0.05) is 30.3 Å². The topological polar surface area (TPSA) is 162 Å². The van der Waals surface area contributed by atoms with E-state index < -0.39 is 48.1 Å². The van der Waals surface area contributed by atoms with Gasteiger partial charge in [-0.25, -0.2) is 4.79 Å². The fraction of sp³-hybridized carbons (Fsp3) is 0.471. The molecule has 0 fully saturated rings. The van der Waals surface area contributed by atoms with Gasteiger partial charge in [0.25, 0.3) is 0 Å². The van der Waals surface area contributed by atoms with Crippen LogP contribution >= 0.6 is 0 Å². The van der Waals surface area contributed by atoms with E-state index in [1.54, 1.807) is 24.3 Å². The summed E-state index contributed by atoms with van der Waals surface area (Å²) < 4.78 is 0. The molecule has 0 bridgehead atoms. The minimum absolute atomic E-state index is 0.228. The Morgan fingerprint density at radius 3 is 1.92 bits per heavy atom. The first-order valence-corrected chi connectivity index (χ1v) is 8.12. The average Bonchev–Trinajstić information content (AvgIpc) is 2.56. The molecule has 0 aliphatic heterocycles. The molecular formula is C17H25N3O6. The summed E-state index contributed by atoms with van der Waals surface area (Å²) in [5.74, 6) is -3.04. The van der Waals surface area contributed by atoms with Crippen molar-refractivity contribution >= 4 is 17.8 Å². The maximum atomic E-state index is 12.2.